The van der Waals surface area contributed by atoms with Crippen molar-refractivity contribution in [2.24, 2.45) is 5.73 Å². The normalized spacial score (nSPS) is 23.0. The molecule has 1 aromatic carbocycles. The number of hydrogen-bond donors (Lipinski definition) is 1. The second-order valence-electron chi connectivity index (χ2n) is 6.84. The van der Waals surface area contributed by atoms with Crippen LogP contribution < -0.4 is 5.73 Å². The van der Waals surface area contributed by atoms with Crippen LogP contribution in [0.2, 0.25) is 0 Å². The van der Waals surface area contributed by atoms with Gasteiger partial charge in [-0.2, -0.15) is 0 Å². The molecule has 1 aliphatic heterocycles. The Balaban J connectivity index is 2.03. The fourth-order valence-corrected chi connectivity index (χ4v) is 2.86. The van der Waals surface area contributed by atoms with E-state index in [1.807, 2.05) is 26.8 Å². The first-order chi connectivity index (χ1) is 9.78. The zero-order valence-corrected chi connectivity index (χ0v) is 13.4. The summed E-state index contributed by atoms with van der Waals surface area (Å²) in [5.74, 6) is 0.310. The van der Waals surface area contributed by atoms with Crippen molar-refractivity contribution in [3.63, 3.8) is 0 Å². The number of piperidine rings is 1. The molecule has 21 heavy (non-hydrogen) atoms. The van der Waals surface area contributed by atoms with Crippen molar-refractivity contribution in [2.45, 2.75) is 51.7 Å². The zero-order valence-electron chi connectivity index (χ0n) is 13.4. The first-order valence-electron chi connectivity index (χ1n) is 7.57. The summed E-state index contributed by atoms with van der Waals surface area (Å²) in [7, 11) is 0. The summed E-state index contributed by atoms with van der Waals surface area (Å²) < 4.78 is 5.42. The number of amides is 1. The van der Waals surface area contributed by atoms with Gasteiger partial charge in [0.25, 0.3) is 0 Å². The lowest BCUT2D eigenvalue weighted by molar-refractivity contribution is 0.0186. The van der Waals surface area contributed by atoms with E-state index >= 15 is 0 Å². The van der Waals surface area contributed by atoms with Gasteiger partial charge in [0.15, 0.2) is 0 Å². The molecule has 0 aliphatic carbocycles. The Morgan fingerprint density at radius 2 is 2.00 bits per heavy atom. The zero-order chi connectivity index (χ0) is 15.6. The first-order valence-corrected chi connectivity index (χ1v) is 7.57. The number of nitrogens with zero attached hydrogens (tertiary/aromatic N) is 1. The Labute approximate surface area is 127 Å². The van der Waals surface area contributed by atoms with Gasteiger partial charge in [-0.3, -0.25) is 0 Å². The molecule has 2 rings (SSSR count). The second-order valence-corrected chi connectivity index (χ2v) is 6.84. The van der Waals surface area contributed by atoms with E-state index in [9.17, 15) is 4.79 Å². The number of hydrogen-bond acceptors (Lipinski definition) is 3. The molecule has 1 saturated heterocycles. The molecule has 4 heteroatoms. The van der Waals surface area contributed by atoms with Crippen LogP contribution in [-0.4, -0.2) is 35.7 Å². The van der Waals surface area contributed by atoms with Crippen molar-refractivity contribution < 1.29 is 9.53 Å². The summed E-state index contributed by atoms with van der Waals surface area (Å²) in [6, 6.07) is 8.30. The number of rotatable bonds is 1. The lowest BCUT2D eigenvalue weighted by atomic mass is 9.84. The molecule has 1 heterocycles. The third-order valence-corrected chi connectivity index (χ3v) is 3.90. The molecule has 2 N–H and O–H groups in total. The van der Waals surface area contributed by atoms with Gasteiger partial charge in [0.2, 0.25) is 0 Å². The summed E-state index contributed by atoms with van der Waals surface area (Å²) in [5, 5.41) is 0. The highest BCUT2D eigenvalue weighted by molar-refractivity contribution is 5.68. The SMILES string of the molecule is Cc1ccccc1C1CCN(C(=O)OC(C)(C)C)CC1N. The Morgan fingerprint density at radius 1 is 1.33 bits per heavy atom. The topological polar surface area (TPSA) is 55.6 Å². The summed E-state index contributed by atoms with van der Waals surface area (Å²) >= 11 is 0. The highest BCUT2D eigenvalue weighted by atomic mass is 16.6. The monoisotopic (exact) mass is 290 g/mol. The van der Waals surface area contributed by atoms with Crippen molar-refractivity contribution in [1.82, 2.24) is 4.90 Å². The molecule has 1 aromatic rings. The summed E-state index contributed by atoms with van der Waals surface area (Å²) in [5.41, 5.74) is 8.43. The molecule has 116 valence electrons. The quantitative estimate of drug-likeness (QED) is 0.865. The van der Waals surface area contributed by atoms with Crippen LogP contribution in [0.25, 0.3) is 0 Å². The minimum Gasteiger partial charge on any atom is -0.444 e. The number of likely N-dealkylation sites (tertiary alicyclic amines) is 1. The molecule has 1 fully saturated rings. The number of aryl methyl sites for hydroxylation is 1. The van der Waals surface area contributed by atoms with E-state index in [-0.39, 0.29) is 12.1 Å². The molecule has 0 bridgehead atoms. The van der Waals surface area contributed by atoms with Gasteiger partial charge in [0.05, 0.1) is 0 Å². The molecular weight excluding hydrogens is 264 g/mol. The van der Waals surface area contributed by atoms with Crippen molar-refractivity contribution in [3.8, 4) is 0 Å². The van der Waals surface area contributed by atoms with Gasteiger partial charge in [-0.15, -0.1) is 0 Å². The molecule has 0 saturated carbocycles. The number of ether oxygens (including phenoxy) is 1. The van der Waals surface area contributed by atoms with E-state index in [4.69, 9.17) is 10.5 Å². The van der Waals surface area contributed by atoms with Crippen LogP contribution in [-0.2, 0) is 4.74 Å². The largest absolute Gasteiger partial charge is 0.444 e. The van der Waals surface area contributed by atoms with Crippen molar-refractivity contribution >= 4 is 6.09 Å². The maximum absolute atomic E-state index is 12.1. The van der Waals surface area contributed by atoms with Gasteiger partial charge in [0.1, 0.15) is 5.60 Å². The average Bonchev–Trinajstić information content (AvgIpc) is 2.38. The van der Waals surface area contributed by atoms with Gasteiger partial charge in [-0.05, 0) is 45.2 Å². The molecular formula is C17H26N2O2. The van der Waals surface area contributed by atoms with Gasteiger partial charge < -0.3 is 15.4 Å². The average molecular weight is 290 g/mol. The number of carbonyl (C=O) groups excluding carboxylic acids is 1. The van der Waals surface area contributed by atoms with Crippen molar-refractivity contribution in [3.05, 3.63) is 35.4 Å². The van der Waals surface area contributed by atoms with E-state index in [2.05, 4.69) is 25.1 Å². The van der Waals surface area contributed by atoms with Crippen molar-refractivity contribution in [1.29, 1.82) is 0 Å². The summed E-state index contributed by atoms with van der Waals surface area (Å²) in [6.45, 7) is 9.00. The predicted octanol–water partition coefficient (Wildman–Crippen LogP) is 3.05. The lowest BCUT2D eigenvalue weighted by Gasteiger charge is -2.38. The van der Waals surface area contributed by atoms with Gasteiger partial charge in [-0.25, -0.2) is 4.79 Å². The molecule has 1 amide bonds. The smallest absolute Gasteiger partial charge is 0.410 e. The van der Waals surface area contributed by atoms with Gasteiger partial charge in [0, 0.05) is 25.0 Å². The Kier molecular flexibility index (Phi) is 4.57. The molecule has 1 aliphatic rings. The molecule has 4 nitrogen and oxygen atoms in total. The van der Waals surface area contributed by atoms with Crippen LogP contribution in [0.5, 0.6) is 0 Å². The number of carbonyl (C=O) groups is 1. The fourth-order valence-electron chi connectivity index (χ4n) is 2.86. The van der Waals surface area contributed by atoms with Gasteiger partial charge in [-0.1, -0.05) is 24.3 Å². The van der Waals surface area contributed by atoms with E-state index < -0.39 is 5.60 Å². The highest BCUT2D eigenvalue weighted by Gasteiger charge is 2.32. The van der Waals surface area contributed by atoms with E-state index in [0.29, 0.717) is 19.0 Å². The van der Waals surface area contributed by atoms with Crippen LogP contribution in [0.15, 0.2) is 24.3 Å². The third-order valence-electron chi connectivity index (χ3n) is 3.90. The third kappa shape index (κ3) is 3.97. The fraction of sp³-hybridized carbons (Fsp3) is 0.588. The Hall–Kier alpha value is -1.55. The van der Waals surface area contributed by atoms with Gasteiger partial charge >= 0.3 is 6.09 Å². The summed E-state index contributed by atoms with van der Waals surface area (Å²) in [6.07, 6.45) is 0.617. The molecule has 2 unspecified atom stereocenters. The molecule has 0 aromatic heterocycles. The Morgan fingerprint density at radius 3 is 2.57 bits per heavy atom. The lowest BCUT2D eigenvalue weighted by Crippen LogP contribution is -2.50. The van der Waals surface area contributed by atoms with E-state index in [0.717, 1.165) is 6.42 Å². The predicted molar refractivity (Wildman–Crippen MR) is 84.3 cm³/mol. The maximum atomic E-state index is 12.1. The van der Waals surface area contributed by atoms with Crippen LogP contribution in [0.3, 0.4) is 0 Å². The number of benzene rings is 1. The number of nitrogens with two attached hydrogens (primary N) is 1. The molecule has 0 spiro atoms. The maximum Gasteiger partial charge on any atom is 0.410 e. The minimum atomic E-state index is -0.464. The first kappa shape index (κ1) is 15.8. The van der Waals surface area contributed by atoms with E-state index in [1.54, 1.807) is 4.90 Å². The minimum absolute atomic E-state index is 0.0487. The van der Waals surface area contributed by atoms with Crippen LogP contribution in [0.1, 0.15) is 44.2 Å². The van der Waals surface area contributed by atoms with Crippen molar-refractivity contribution in [2.75, 3.05) is 13.1 Å². The van der Waals surface area contributed by atoms with Crippen LogP contribution in [0.4, 0.5) is 4.79 Å². The van der Waals surface area contributed by atoms with Crippen LogP contribution in [0, 0.1) is 6.92 Å². The van der Waals surface area contributed by atoms with Crippen LogP contribution >= 0.6 is 0 Å². The van der Waals surface area contributed by atoms with E-state index in [1.165, 1.54) is 11.1 Å². The Bertz CT molecular complexity index is 508. The standard InChI is InChI=1S/C17H26N2O2/c1-12-7-5-6-8-13(12)14-9-10-19(11-15(14)18)16(20)21-17(2,3)4/h5-8,14-15H,9-11,18H2,1-4H3. The highest BCUT2D eigenvalue weighted by Crippen LogP contribution is 2.30. The molecule has 0 radical (unpaired) electrons. The molecule has 2 atom stereocenters. The second kappa shape index (κ2) is 6.06. The summed E-state index contributed by atoms with van der Waals surface area (Å²) in [4.78, 5) is 13.8.